The second-order valence-electron chi connectivity index (χ2n) is 5.77. The lowest BCUT2D eigenvalue weighted by molar-refractivity contribution is 0.123. The van der Waals surface area contributed by atoms with Gasteiger partial charge in [-0.05, 0) is 57.5 Å². The molecule has 1 heterocycles. The molecule has 2 unspecified atom stereocenters. The zero-order chi connectivity index (χ0) is 14.4. The van der Waals surface area contributed by atoms with Crippen molar-refractivity contribution in [2.24, 2.45) is 0 Å². The molecule has 2 atom stereocenters. The summed E-state index contributed by atoms with van der Waals surface area (Å²) >= 11 is 0. The first-order valence-corrected chi connectivity index (χ1v) is 7.79. The number of likely N-dealkylation sites (tertiary alicyclic amines) is 1. The SMILES string of the molecule is CNC(C)C1CCCCN1CCc1ccc(OC)cc1. The number of rotatable bonds is 6. The molecule has 1 saturated heterocycles. The molecule has 0 aliphatic carbocycles. The Hall–Kier alpha value is -1.06. The minimum Gasteiger partial charge on any atom is -0.497 e. The van der Waals surface area contributed by atoms with Crippen molar-refractivity contribution in [2.75, 3.05) is 27.2 Å². The Morgan fingerprint density at radius 3 is 2.70 bits per heavy atom. The van der Waals surface area contributed by atoms with Gasteiger partial charge in [-0.1, -0.05) is 18.6 Å². The Kier molecular flexibility index (Phi) is 5.86. The highest BCUT2D eigenvalue weighted by Gasteiger charge is 2.25. The molecule has 112 valence electrons. The number of nitrogens with one attached hydrogen (secondary N) is 1. The summed E-state index contributed by atoms with van der Waals surface area (Å²) < 4.78 is 5.21. The van der Waals surface area contributed by atoms with Crippen molar-refractivity contribution in [3.63, 3.8) is 0 Å². The van der Waals surface area contributed by atoms with Gasteiger partial charge in [0.05, 0.1) is 7.11 Å². The van der Waals surface area contributed by atoms with E-state index in [1.54, 1.807) is 7.11 Å². The van der Waals surface area contributed by atoms with Crippen LogP contribution < -0.4 is 10.1 Å². The van der Waals surface area contributed by atoms with Gasteiger partial charge in [0.25, 0.3) is 0 Å². The molecule has 0 radical (unpaired) electrons. The van der Waals surface area contributed by atoms with E-state index in [2.05, 4.69) is 48.5 Å². The molecule has 1 aromatic carbocycles. The standard InChI is InChI=1S/C17H28N2O/c1-14(18-2)17-6-4-5-12-19(17)13-11-15-7-9-16(20-3)10-8-15/h7-10,14,17-18H,4-6,11-13H2,1-3H3. The number of hydrogen-bond acceptors (Lipinski definition) is 3. The van der Waals surface area contributed by atoms with Gasteiger partial charge in [-0.15, -0.1) is 0 Å². The highest BCUT2D eigenvalue weighted by Crippen LogP contribution is 2.20. The fourth-order valence-electron chi connectivity index (χ4n) is 3.12. The van der Waals surface area contributed by atoms with Crippen LogP contribution in [0.3, 0.4) is 0 Å². The summed E-state index contributed by atoms with van der Waals surface area (Å²) in [5, 5.41) is 3.42. The summed E-state index contributed by atoms with van der Waals surface area (Å²) in [4.78, 5) is 2.66. The molecular weight excluding hydrogens is 248 g/mol. The van der Waals surface area contributed by atoms with E-state index in [0.29, 0.717) is 12.1 Å². The van der Waals surface area contributed by atoms with Gasteiger partial charge in [-0.25, -0.2) is 0 Å². The Balaban J connectivity index is 1.89. The number of piperidine rings is 1. The van der Waals surface area contributed by atoms with Crippen molar-refractivity contribution in [1.29, 1.82) is 0 Å². The molecule has 0 aromatic heterocycles. The fraction of sp³-hybridized carbons (Fsp3) is 0.647. The molecule has 1 fully saturated rings. The quantitative estimate of drug-likeness (QED) is 0.864. The maximum Gasteiger partial charge on any atom is 0.118 e. The van der Waals surface area contributed by atoms with Crippen LogP contribution in [-0.4, -0.2) is 44.2 Å². The largest absolute Gasteiger partial charge is 0.497 e. The third kappa shape index (κ3) is 3.97. The van der Waals surface area contributed by atoms with E-state index in [-0.39, 0.29) is 0 Å². The summed E-state index contributed by atoms with van der Waals surface area (Å²) in [6.07, 6.45) is 5.16. The molecule has 1 aliphatic heterocycles. The molecule has 2 rings (SSSR count). The summed E-state index contributed by atoms with van der Waals surface area (Å²) in [7, 11) is 3.79. The summed E-state index contributed by atoms with van der Waals surface area (Å²) in [5.74, 6) is 0.938. The van der Waals surface area contributed by atoms with E-state index in [9.17, 15) is 0 Å². The molecule has 1 aromatic rings. The second kappa shape index (κ2) is 7.65. The number of likely N-dealkylation sites (N-methyl/N-ethyl adjacent to an activating group) is 1. The van der Waals surface area contributed by atoms with Crippen LogP contribution in [0.5, 0.6) is 5.75 Å². The molecule has 3 nitrogen and oxygen atoms in total. The fourth-order valence-corrected chi connectivity index (χ4v) is 3.12. The lowest BCUT2D eigenvalue weighted by atomic mass is 9.96. The van der Waals surface area contributed by atoms with E-state index in [0.717, 1.165) is 18.7 Å². The Morgan fingerprint density at radius 1 is 1.30 bits per heavy atom. The number of hydrogen-bond donors (Lipinski definition) is 1. The first-order chi connectivity index (χ1) is 9.74. The van der Waals surface area contributed by atoms with Gasteiger partial charge < -0.3 is 10.1 Å². The van der Waals surface area contributed by atoms with Crippen molar-refractivity contribution >= 4 is 0 Å². The molecular formula is C17H28N2O. The summed E-state index contributed by atoms with van der Waals surface area (Å²) in [6, 6.07) is 9.73. The zero-order valence-corrected chi connectivity index (χ0v) is 13.1. The van der Waals surface area contributed by atoms with Crippen molar-refractivity contribution < 1.29 is 4.74 Å². The molecule has 1 aliphatic rings. The van der Waals surface area contributed by atoms with Crippen LogP contribution in [0.4, 0.5) is 0 Å². The van der Waals surface area contributed by atoms with E-state index >= 15 is 0 Å². The predicted molar refractivity (Wildman–Crippen MR) is 84.4 cm³/mol. The third-order valence-electron chi connectivity index (χ3n) is 4.54. The van der Waals surface area contributed by atoms with E-state index < -0.39 is 0 Å². The third-order valence-corrected chi connectivity index (χ3v) is 4.54. The first kappa shape index (κ1) is 15.3. The van der Waals surface area contributed by atoms with Gasteiger partial charge in [-0.3, -0.25) is 4.90 Å². The smallest absolute Gasteiger partial charge is 0.118 e. The molecule has 3 heteroatoms. The van der Waals surface area contributed by atoms with Gasteiger partial charge in [0.2, 0.25) is 0 Å². The number of benzene rings is 1. The first-order valence-electron chi connectivity index (χ1n) is 7.79. The van der Waals surface area contributed by atoms with Gasteiger partial charge in [0, 0.05) is 18.6 Å². The lowest BCUT2D eigenvalue weighted by Crippen LogP contribution is -2.50. The van der Waals surface area contributed by atoms with Crippen molar-refractivity contribution in [3.8, 4) is 5.75 Å². The predicted octanol–water partition coefficient (Wildman–Crippen LogP) is 2.70. The van der Waals surface area contributed by atoms with Crippen molar-refractivity contribution in [3.05, 3.63) is 29.8 Å². The summed E-state index contributed by atoms with van der Waals surface area (Å²) in [6.45, 7) is 4.70. The van der Waals surface area contributed by atoms with Crippen molar-refractivity contribution in [1.82, 2.24) is 10.2 Å². The van der Waals surface area contributed by atoms with Crippen LogP contribution in [0.25, 0.3) is 0 Å². The topological polar surface area (TPSA) is 24.5 Å². The van der Waals surface area contributed by atoms with Crippen LogP contribution in [0.2, 0.25) is 0 Å². The molecule has 1 N–H and O–H groups in total. The number of ether oxygens (including phenoxy) is 1. The van der Waals surface area contributed by atoms with Gasteiger partial charge in [0.1, 0.15) is 5.75 Å². The lowest BCUT2D eigenvalue weighted by Gasteiger charge is -2.39. The zero-order valence-electron chi connectivity index (χ0n) is 13.1. The minimum absolute atomic E-state index is 0.575. The number of nitrogens with zero attached hydrogens (tertiary/aromatic N) is 1. The Morgan fingerprint density at radius 2 is 2.05 bits per heavy atom. The minimum atomic E-state index is 0.575. The molecule has 20 heavy (non-hydrogen) atoms. The second-order valence-corrected chi connectivity index (χ2v) is 5.77. The summed E-state index contributed by atoms with van der Waals surface area (Å²) in [5.41, 5.74) is 1.40. The molecule has 0 saturated carbocycles. The van der Waals surface area contributed by atoms with Crippen LogP contribution in [0, 0.1) is 0 Å². The van der Waals surface area contributed by atoms with Crippen LogP contribution in [-0.2, 0) is 6.42 Å². The Bertz CT molecular complexity index is 390. The van der Waals surface area contributed by atoms with Gasteiger partial charge in [0.15, 0.2) is 0 Å². The van der Waals surface area contributed by atoms with Crippen LogP contribution in [0.15, 0.2) is 24.3 Å². The Labute approximate surface area is 123 Å². The van der Waals surface area contributed by atoms with E-state index in [1.807, 2.05) is 0 Å². The highest BCUT2D eigenvalue weighted by atomic mass is 16.5. The monoisotopic (exact) mass is 276 g/mol. The maximum absolute atomic E-state index is 5.21. The average molecular weight is 276 g/mol. The average Bonchev–Trinajstić information content (AvgIpc) is 2.53. The van der Waals surface area contributed by atoms with E-state index in [4.69, 9.17) is 4.74 Å². The normalized spacial score (nSPS) is 21.6. The van der Waals surface area contributed by atoms with Crippen molar-refractivity contribution in [2.45, 2.75) is 44.7 Å². The van der Waals surface area contributed by atoms with Gasteiger partial charge >= 0.3 is 0 Å². The van der Waals surface area contributed by atoms with Crippen LogP contribution >= 0.6 is 0 Å². The highest BCUT2D eigenvalue weighted by molar-refractivity contribution is 5.27. The van der Waals surface area contributed by atoms with Gasteiger partial charge in [-0.2, -0.15) is 0 Å². The molecule has 0 bridgehead atoms. The maximum atomic E-state index is 5.21. The number of methoxy groups -OCH3 is 1. The molecule has 0 spiro atoms. The van der Waals surface area contributed by atoms with Crippen LogP contribution in [0.1, 0.15) is 31.7 Å². The van der Waals surface area contributed by atoms with E-state index in [1.165, 1.54) is 31.4 Å². The molecule has 0 amide bonds.